The highest BCUT2D eigenvalue weighted by atomic mass is 32.2. The molecule has 0 saturated carbocycles. The molecular weight excluding hydrogens is 258 g/mol. The molecule has 2 aromatic rings. The van der Waals surface area contributed by atoms with Crippen molar-refractivity contribution in [2.45, 2.75) is 16.6 Å². The van der Waals surface area contributed by atoms with Gasteiger partial charge in [0.15, 0.2) is 9.84 Å². The van der Waals surface area contributed by atoms with Crippen molar-refractivity contribution in [2.75, 3.05) is 0 Å². The highest BCUT2D eigenvalue weighted by Gasteiger charge is 2.30. The third-order valence-electron chi connectivity index (χ3n) is 3.41. The zero-order chi connectivity index (χ0) is 13.5. The molecule has 0 N–H and O–H groups in total. The van der Waals surface area contributed by atoms with E-state index < -0.39 is 15.8 Å². The van der Waals surface area contributed by atoms with Gasteiger partial charge >= 0.3 is 0 Å². The van der Waals surface area contributed by atoms with E-state index in [4.69, 9.17) is 0 Å². The highest BCUT2D eigenvalue weighted by molar-refractivity contribution is 7.90. The summed E-state index contributed by atoms with van der Waals surface area (Å²) in [5, 5.41) is 9.43. The lowest BCUT2D eigenvalue weighted by Crippen LogP contribution is -2.05. The Morgan fingerprint density at radius 3 is 2.37 bits per heavy atom. The molecule has 0 saturated heterocycles. The largest absolute Gasteiger partial charge is 0.223 e. The predicted molar refractivity (Wildman–Crippen MR) is 71.2 cm³/mol. The van der Waals surface area contributed by atoms with Crippen LogP contribution in [0.3, 0.4) is 0 Å². The van der Waals surface area contributed by atoms with Crippen molar-refractivity contribution in [1.82, 2.24) is 0 Å². The lowest BCUT2D eigenvalue weighted by atomic mass is 9.90. The number of nitrogens with zero attached hydrogens (tertiary/aromatic N) is 1. The number of fused-ring (bicyclic) bond motifs is 2. The molecule has 94 valence electrons. The lowest BCUT2D eigenvalue weighted by Gasteiger charge is -2.11. The molecule has 0 aromatic heterocycles. The number of hydrogen-bond acceptors (Lipinski definition) is 3. The molecule has 1 heterocycles. The minimum absolute atomic E-state index is 0.0433. The summed E-state index contributed by atoms with van der Waals surface area (Å²) in [6.45, 7) is 0. The Labute approximate surface area is 112 Å². The van der Waals surface area contributed by atoms with E-state index in [0.29, 0.717) is 11.1 Å². The van der Waals surface area contributed by atoms with E-state index in [0.717, 1.165) is 5.56 Å². The van der Waals surface area contributed by atoms with Gasteiger partial charge in [-0.2, -0.15) is 5.26 Å². The smallest absolute Gasteiger partial charge is 0.182 e. The average molecular weight is 269 g/mol. The van der Waals surface area contributed by atoms with Crippen LogP contribution in [0.15, 0.2) is 53.4 Å². The van der Waals surface area contributed by atoms with E-state index in [9.17, 15) is 13.7 Å². The number of rotatable bonds is 0. The molecule has 0 amide bonds. The first kappa shape index (κ1) is 11.9. The van der Waals surface area contributed by atoms with Gasteiger partial charge in [0.2, 0.25) is 0 Å². The summed E-state index contributed by atoms with van der Waals surface area (Å²) in [4.78, 5) is 0.276. The van der Waals surface area contributed by atoms with Crippen molar-refractivity contribution >= 4 is 9.84 Å². The van der Waals surface area contributed by atoms with E-state index >= 15 is 0 Å². The van der Waals surface area contributed by atoms with Crippen LogP contribution in [0, 0.1) is 11.3 Å². The van der Waals surface area contributed by atoms with Gasteiger partial charge in [-0.3, -0.25) is 0 Å². The van der Waals surface area contributed by atoms with Crippen LogP contribution in [0.4, 0.5) is 0 Å². The molecule has 19 heavy (non-hydrogen) atoms. The lowest BCUT2D eigenvalue weighted by molar-refractivity contribution is 0.595. The summed E-state index contributed by atoms with van der Waals surface area (Å²) in [5.74, 6) is -0.567. The van der Waals surface area contributed by atoms with Crippen LogP contribution in [0.2, 0.25) is 0 Å². The Morgan fingerprint density at radius 2 is 1.63 bits per heavy atom. The van der Waals surface area contributed by atoms with Gasteiger partial charge in [0.25, 0.3) is 0 Å². The molecule has 0 radical (unpaired) electrons. The zero-order valence-corrected chi connectivity index (χ0v) is 10.9. The van der Waals surface area contributed by atoms with Crippen molar-refractivity contribution in [2.24, 2.45) is 0 Å². The number of nitriles is 1. The fourth-order valence-corrected chi connectivity index (χ4v) is 4.20. The van der Waals surface area contributed by atoms with E-state index in [1.807, 2.05) is 12.1 Å². The van der Waals surface area contributed by atoms with Gasteiger partial charge in [0, 0.05) is 0 Å². The Kier molecular flexibility index (Phi) is 2.65. The zero-order valence-electron chi connectivity index (χ0n) is 10.1. The van der Waals surface area contributed by atoms with E-state index in [1.54, 1.807) is 36.4 Å². The first-order valence-electron chi connectivity index (χ1n) is 5.92. The maximum Gasteiger partial charge on any atom is 0.182 e. The van der Waals surface area contributed by atoms with Crippen LogP contribution in [-0.4, -0.2) is 8.42 Å². The van der Waals surface area contributed by atoms with Gasteiger partial charge in [0.05, 0.1) is 22.6 Å². The van der Waals surface area contributed by atoms with Crippen LogP contribution < -0.4 is 0 Å². The topological polar surface area (TPSA) is 57.9 Å². The second kappa shape index (κ2) is 4.22. The Balaban J connectivity index is 2.40. The van der Waals surface area contributed by atoms with E-state index in [-0.39, 0.29) is 10.6 Å². The summed E-state index contributed by atoms with van der Waals surface area (Å²) >= 11 is 0. The van der Waals surface area contributed by atoms with Crippen molar-refractivity contribution in [3.8, 4) is 6.07 Å². The molecule has 1 atom stereocenters. The first-order valence-corrected chi connectivity index (χ1v) is 7.58. The maximum atomic E-state index is 12.4. The molecule has 1 aliphatic rings. The Hall–Kier alpha value is -2.12. The van der Waals surface area contributed by atoms with E-state index in [1.165, 1.54) is 0 Å². The molecule has 4 heteroatoms. The van der Waals surface area contributed by atoms with Crippen molar-refractivity contribution in [3.05, 3.63) is 65.2 Å². The minimum Gasteiger partial charge on any atom is -0.223 e. The molecule has 0 fully saturated rings. The molecular formula is C15H11NO2S. The molecule has 2 aromatic carbocycles. The average Bonchev–Trinajstić information content (AvgIpc) is 2.50. The standard InChI is InChI=1S/C15H11NO2S/c16-9-14-12-6-2-1-5-11(12)10-19(17,18)15-8-4-3-7-13(14)15/h1-8,14H,10H2/t14-/m0/s1. The first-order chi connectivity index (χ1) is 9.13. The molecule has 0 aliphatic carbocycles. The highest BCUT2D eigenvalue weighted by Crippen LogP contribution is 2.36. The summed E-state index contributed by atoms with van der Waals surface area (Å²) in [5.41, 5.74) is 2.08. The van der Waals surface area contributed by atoms with Crippen molar-refractivity contribution in [1.29, 1.82) is 5.26 Å². The van der Waals surface area contributed by atoms with E-state index in [2.05, 4.69) is 6.07 Å². The Morgan fingerprint density at radius 1 is 1.00 bits per heavy atom. The third-order valence-corrected chi connectivity index (χ3v) is 5.14. The van der Waals surface area contributed by atoms with Crippen LogP contribution in [-0.2, 0) is 15.6 Å². The second-order valence-electron chi connectivity index (χ2n) is 4.56. The van der Waals surface area contributed by atoms with Gasteiger partial charge in [-0.05, 0) is 22.8 Å². The van der Waals surface area contributed by atoms with Crippen LogP contribution >= 0.6 is 0 Å². The van der Waals surface area contributed by atoms with Crippen LogP contribution in [0.25, 0.3) is 0 Å². The molecule has 3 rings (SSSR count). The summed E-state index contributed by atoms with van der Waals surface area (Å²) in [6.07, 6.45) is 0. The number of benzene rings is 2. The van der Waals surface area contributed by atoms with Gasteiger partial charge in [-0.1, -0.05) is 42.5 Å². The van der Waals surface area contributed by atoms with Crippen molar-refractivity contribution in [3.63, 3.8) is 0 Å². The van der Waals surface area contributed by atoms with Gasteiger partial charge in [-0.25, -0.2) is 8.42 Å². The molecule has 0 spiro atoms. The monoisotopic (exact) mass is 269 g/mol. The summed E-state index contributed by atoms with van der Waals surface area (Å²) in [6, 6.07) is 16.3. The summed E-state index contributed by atoms with van der Waals surface area (Å²) < 4.78 is 24.8. The number of sulfone groups is 1. The fourth-order valence-electron chi connectivity index (χ4n) is 2.54. The maximum absolute atomic E-state index is 12.4. The third kappa shape index (κ3) is 1.83. The van der Waals surface area contributed by atoms with Crippen LogP contribution in [0.1, 0.15) is 22.6 Å². The van der Waals surface area contributed by atoms with Gasteiger partial charge in [0.1, 0.15) is 0 Å². The summed E-state index contributed by atoms with van der Waals surface area (Å²) in [7, 11) is -3.39. The fraction of sp³-hybridized carbons (Fsp3) is 0.133. The van der Waals surface area contributed by atoms with Crippen LogP contribution in [0.5, 0.6) is 0 Å². The SMILES string of the molecule is N#C[C@H]1c2ccccc2CS(=O)(=O)c2ccccc21. The minimum atomic E-state index is -3.39. The Bertz CT molecular complexity index is 788. The van der Waals surface area contributed by atoms with Crippen molar-refractivity contribution < 1.29 is 8.42 Å². The quantitative estimate of drug-likeness (QED) is 0.738. The molecule has 3 nitrogen and oxygen atoms in total. The van der Waals surface area contributed by atoms with Gasteiger partial charge in [-0.15, -0.1) is 0 Å². The molecule has 0 bridgehead atoms. The normalized spacial score (nSPS) is 19.6. The number of hydrogen-bond donors (Lipinski definition) is 0. The predicted octanol–water partition coefficient (Wildman–Crippen LogP) is 2.63. The van der Waals surface area contributed by atoms with Gasteiger partial charge < -0.3 is 0 Å². The second-order valence-corrected chi connectivity index (χ2v) is 6.52. The molecule has 1 aliphatic heterocycles. The molecule has 0 unspecified atom stereocenters.